The Morgan fingerprint density at radius 2 is 1.89 bits per heavy atom. The van der Waals surface area contributed by atoms with Gasteiger partial charge in [0.15, 0.2) is 11.5 Å². The Labute approximate surface area is 219 Å². The minimum Gasteiger partial charge on any atom is -0.490 e. The van der Waals surface area contributed by atoms with Crippen LogP contribution in [0.2, 0.25) is 5.02 Å². The van der Waals surface area contributed by atoms with E-state index in [-0.39, 0.29) is 17.2 Å². The second-order valence-corrected chi connectivity index (χ2v) is 9.18. The standard InChI is InChI=1S/C26H27ClN4O4S/c1-5-23-30-31-26(36-23)29-25(32)19(15-28)12-18-13-20(27)24(22(14-18)33-6-2)35-10-9-34-21-11-16(3)7-8-17(21)4/h7-8,11-14H,5-6,9-10H2,1-4H3,(H,29,31,32). The molecule has 36 heavy (non-hydrogen) atoms. The zero-order valence-corrected chi connectivity index (χ0v) is 22.1. The smallest absolute Gasteiger partial charge is 0.268 e. The van der Waals surface area contributed by atoms with E-state index in [4.69, 9.17) is 25.8 Å². The van der Waals surface area contributed by atoms with Crippen LogP contribution in [0.4, 0.5) is 5.13 Å². The SMILES string of the molecule is CCOc1cc(C=C(C#N)C(=O)Nc2nnc(CC)s2)cc(Cl)c1OCCOc1cc(C)ccc1C. The Balaban J connectivity index is 1.72. The molecule has 8 nitrogen and oxygen atoms in total. The molecule has 0 aliphatic rings. The van der Waals surface area contributed by atoms with E-state index in [1.165, 1.54) is 17.4 Å². The molecule has 0 fully saturated rings. The summed E-state index contributed by atoms with van der Waals surface area (Å²) in [5.41, 5.74) is 2.55. The fourth-order valence-electron chi connectivity index (χ4n) is 3.16. The number of benzene rings is 2. The third-order valence-electron chi connectivity index (χ3n) is 4.93. The van der Waals surface area contributed by atoms with Crippen molar-refractivity contribution in [1.29, 1.82) is 5.26 Å². The number of nitrogens with one attached hydrogen (secondary N) is 1. The highest BCUT2D eigenvalue weighted by atomic mass is 35.5. The number of nitriles is 1. The predicted octanol–water partition coefficient (Wildman–Crippen LogP) is 5.77. The lowest BCUT2D eigenvalue weighted by molar-refractivity contribution is -0.112. The van der Waals surface area contributed by atoms with Crippen LogP contribution < -0.4 is 19.5 Å². The molecule has 0 bridgehead atoms. The van der Waals surface area contributed by atoms with Crippen molar-refractivity contribution in [2.45, 2.75) is 34.1 Å². The van der Waals surface area contributed by atoms with Gasteiger partial charge in [-0.25, -0.2) is 0 Å². The fourth-order valence-corrected chi connectivity index (χ4v) is 4.11. The third kappa shape index (κ3) is 7.20. The molecule has 0 atom stereocenters. The van der Waals surface area contributed by atoms with Crippen molar-refractivity contribution < 1.29 is 19.0 Å². The Bertz CT molecular complexity index is 1300. The Morgan fingerprint density at radius 3 is 2.58 bits per heavy atom. The molecular formula is C26H27ClN4O4S. The summed E-state index contributed by atoms with van der Waals surface area (Å²) in [4.78, 5) is 12.6. The van der Waals surface area contributed by atoms with Crippen molar-refractivity contribution in [1.82, 2.24) is 10.2 Å². The molecule has 0 radical (unpaired) electrons. The number of aromatic nitrogens is 2. The highest BCUT2D eigenvalue weighted by Crippen LogP contribution is 2.37. The minimum absolute atomic E-state index is 0.114. The van der Waals surface area contributed by atoms with E-state index in [0.29, 0.717) is 41.8 Å². The number of anilines is 1. The lowest BCUT2D eigenvalue weighted by atomic mass is 10.1. The van der Waals surface area contributed by atoms with Gasteiger partial charge in [-0.15, -0.1) is 10.2 Å². The Hall–Kier alpha value is -3.61. The van der Waals surface area contributed by atoms with Crippen LogP contribution in [0.3, 0.4) is 0 Å². The number of aryl methyl sites for hydroxylation is 3. The van der Waals surface area contributed by atoms with Gasteiger partial charge < -0.3 is 14.2 Å². The third-order valence-corrected chi connectivity index (χ3v) is 6.19. The highest BCUT2D eigenvalue weighted by molar-refractivity contribution is 7.15. The van der Waals surface area contributed by atoms with Crippen molar-refractivity contribution in [3.8, 4) is 23.3 Å². The topological polar surface area (TPSA) is 106 Å². The van der Waals surface area contributed by atoms with Crippen LogP contribution in [0.5, 0.6) is 17.2 Å². The lowest BCUT2D eigenvalue weighted by Gasteiger charge is -2.15. The van der Waals surface area contributed by atoms with Gasteiger partial charge in [0, 0.05) is 0 Å². The molecule has 188 valence electrons. The van der Waals surface area contributed by atoms with Crippen molar-refractivity contribution in [3.63, 3.8) is 0 Å². The van der Waals surface area contributed by atoms with Gasteiger partial charge in [-0.2, -0.15) is 5.26 Å². The van der Waals surface area contributed by atoms with Crippen LogP contribution in [0.25, 0.3) is 6.08 Å². The van der Waals surface area contributed by atoms with Gasteiger partial charge in [-0.1, -0.05) is 42.0 Å². The molecule has 3 aromatic rings. The van der Waals surface area contributed by atoms with Gasteiger partial charge in [-0.3, -0.25) is 10.1 Å². The van der Waals surface area contributed by atoms with Gasteiger partial charge in [0.05, 0.1) is 11.6 Å². The van der Waals surface area contributed by atoms with Crippen molar-refractivity contribution in [3.05, 3.63) is 62.6 Å². The summed E-state index contributed by atoms with van der Waals surface area (Å²) in [5, 5.41) is 21.4. The molecule has 2 aromatic carbocycles. The second-order valence-electron chi connectivity index (χ2n) is 7.71. The summed E-state index contributed by atoms with van der Waals surface area (Å²) in [6, 6.07) is 11.2. The van der Waals surface area contributed by atoms with Gasteiger partial charge in [0.25, 0.3) is 5.91 Å². The summed E-state index contributed by atoms with van der Waals surface area (Å²) in [7, 11) is 0. The Kier molecular flexibility index (Phi) is 9.68. The van der Waals surface area contributed by atoms with E-state index in [2.05, 4.69) is 15.5 Å². The first-order valence-corrected chi connectivity index (χ1v) is 12.6. The summed E-state index contributed by atoms with van der Waals surface area (Å²) in [6.45, 7) is 8.71. The molecule has 0 saturated carbocycles. The molecule has 0 unspecified atom stereocenters. The molecule has 0 aliphatic heterocycles. The van der Waals surface area contributed by atoms with Crippen molar-refractivity contribution >= 4 is 40.1 Å². The maximum atomic E-state index is 12.6. The first-order valence-electron chi connectivity index (χ1n) is 11.4. The number of nitrogens with zero attached hydrogens (tertiary/aromatic N) is 3. The molecule has 1 heterocycles. The number of hydrogen-bond donors (Lipinski definition) is 1. The summed E-state index contributed by atoms with van der Waals surface area (Å²) < 4.78 is 17.4. The molecule has 10 heteroatoms. The zero-order valence-electron chi connectivity index (χ0n) is 20.6. The fraction of sp³-hybridized carbons (Fsp3) is 0.308. The molecular weight excluding hydrogens is 500 g/mol. The first kappa shape index (κ1) is 27.0. The van der Waals surface area contributed by atoms with E-state index in [1.54, 1.807) is 12.1 Å². The maximum Gasteiger partial charge on any atom is 0.268 e. The van der Waals surface area contributed by atoms with Crippen LogP contribution in [0, 0.1) is 25.2 Å². The molecule has 0 spiro atoms. The average Bonchev–Trinajstić information content (AvgIpc) is 3.31. The zero-order chi connectivity index (χ0) is 26.1. The summed E-state index contributed by atoms with van der Waals surface area (Å²) in [5.74, 6) is 0.979. The monoisotopic (exact) mass is 526 g/mol. The number of hydrogen-bond acceptors (Lipinski definition) is 8. The minimum atomic E-state index is -0.589. The highest BCUT2D eigenvalue weighted by Gasteiger charge is 2.16. The van der Waals surface area contributed by atoms with E-state index in [1.807, 2.05) is 52.0 Å². The number of rotatable bonds is 11. The molecule has 1 aromatic heterocycles. The Morgan fingerprint density at radius 1 is 1.11 bits per heavy atom. The molecule has 1 amide bonds. The van der Waals surface area contributed by atoms with Crippen LogP contribution in [0.1, 0.15) is 35.5 Å². The van der Waals surface area contributed by atoms with Gasteiger partial charge in [0.1, 0.15) is 35.6 Å². The van der Waals surface area contributed by atoms with Crippen molar-refractivity contribution in [2.75, 3.05) is 25.1 Å². The number of carbonyl (C=O) groups excluding carboxylic acids is 1. The van der Waals surface area contributed by atoms with Crippen LogP contribution in [-0.4, -0.2) is 35.9 Å². The summed E-state index contributed by atoms with van der Waals surface area (Å²) in [6.07, 6.45) is 2.14. The van der Waals surface area contributed by atoms with Crippen LogP contribution >= 0.6 is 22.9 Å². The quantitative estimate of drug-likeness (QED) is 0.192. The largest absolute Gasteiger partial charge is 0.490 e. The average molecular weight is 527 g/mol. The van der Waals surface area contributed by atoms with Gasteiger partial charge in [0.2, 0.25) is 5.13 Å². The van der Waals surface area contributed by atoms with E-state index >= 15 is 0 Å². The van der Waals surface area contributed by atoms with Crippen LogP contribution in [0.15, 0.2) is 35.9 Å². The summed E-state index contributed by atoms with van der Waals surface area (Å²) >= 11 is 7.75. The molecule has 1 N–H and O–H groups in total. The number of ether oxygens (including phenoxy) is 3. The van der Waals surface area contributed by atoms with E-state index in [9.17, 15) is 10.1 Å². The van der Waals surface area contributed by atoms with Crippen LogP contribution in [-0.2, 0) is 11.2 Å². The number of amides is 1. The second kappa shape index (κ2) is 12.9. The van der Waals surface area contributed by atoms with E-state index in [0.717, 1.165) is 21.9 Å². The number of halogens is 1. The predicted molar refractivity (Wildman–Crippen MR) is 141 cm³/mol. The lowest BCUT2D eigenvalue weighted by Crippen LogP contribution is -2.13. The first-order chi connectivity index (χ1) is 17.3. The maximum absolute atomic E-state index is 12.6. The molecule has 3 rings (SSSR count). The van der Waals surface area contributed by atoms with E-state index < -0.39 is 5.91 Å². The number of carbonyl (C=O) groups is 1. The van der Waals surface area contributed by atoms with Gasteiger partial charge in [-0.05, 0) is 68.2 Å². The van der Waals surface area contributed by atoms with Crippen molar-refractivity contribution in [2.24, 2.45) is 0 Å². The normalized spacial score (nSPS) is 11.1. The van der Waals surface area contributed by atoms with Gasteiger partial charge >= 0.3 is 0 Å². The molecule has 0 saturated heterocycles. The molecule has 0 aliphatic carbocycles.